The van der Waals surface area contributed by atoms with Crippen LogP contribution in [0.15, 0.2) is 0 Å². The molecule has 142 valence electrons. The average molecular weight is 373 g/mol. The number of amides is 1. The Balaban J connectivity index is 1.54. The largest absolute Gasteiger partial charge is 0.481 e. The molecule has 3 rings (SSSR count). The molecule has 2 unspecified atom stereocenters. The van der Waals surface area contributed by atoms with E-state index >= 15 is 0 Å². The van der Waals surface area contributed by atoms with Gasteiger partial charge in [-0.3, -0.25) is 9.59 Å². The third-order valence-electron chi connectivity index (χ3n) is 5.75. The number of carboxylic acids is 1. The summed E-state index contributed by atoms with van der Waals surface area (Å²) in [5.41, 5.74) is 0. The number of carbonyl (C=O) groups excluding carboxylic acids is 1. The molecular weight excluding hydrogens is 346 g/mol. The molecule has 1 saturated heterocycles. The molecule has 0 spiro atoms. The van der Waals surface area contributed by atoms with Crippen molar-refractivity contribution in [3.8, 4) is 0 Å². The number of hydrogen-bond donors (Lipinski definition) is 1. The van der Waals surface area contributed by atoms with Crippen LogP contribution in [0.1, 0.15) is 38.5 Å². The predicted octanol–water partition coefficient (Wildman–Crippen LogP) is 0.361. The minimum Gasteiger partial charge on any atom is -0.481 e. The smallest absolute Gasteiger partial charge is 0.307 e. The highest BCUT2D eigenvalue weighted by molar-refractivity contribution is 7.86. The summed E-state index contributed by atoms with van der Waals surface area (Å²) < 4.78 is 28.6. The maximum absolute atomic E-state index is 12.8. The van der Waals surface area contributed by atoms with Crippen LogP contribution in [-0.2, 0) is 19.8 Å². The summed E-state index contributed by atoms with van der Waals surface area (Å²) in [5, 5.41) is 8.94. The van der Waals surface area contributed by atoms with E-state index in [1.807, 2.05) is 0 Å². The molecule has 1 aliphatic heterocycles. The molecule has 9 heteroatoms. The van der Waals surface area contributed by atoms with Crippen LogP contribution >= 0.6 is 0 Å². The molecule has 1 heterocycles. The van der Waals surface area contributed by atoms with Crippen molar-refractivity contribution in [1.82, 2.24) is 13.5 Å². The molecule has 25 heavy (non-hydrogen) atoms. The van der Waals surface area contributed by atoms with Crippen molar-refractivity contribution in [3.05, 3.63) is 0 Å². The Hall–Kier alpha value is -1.19. The van der Waals surface area contributed by atoms with Crippen molar-refractivity contribution in [2.45, 2.75) is 44.6 Å². The van der Waals surface area contributed by atoms with Crippen LogP contribution in [0.2, 0.25) is 0 Å². The van der Waals surface area contributed by atoms with Gasteiger partial charge in [0.15, 0.2) is 0 Å². The number of nitrogens with zero attached hydrogens (tertiary/aromatic N) is 3. The summed E-state index contributed by atoms with van der Waals surface area (Å²) in [6.45, 7) is 1.21. The first-order valence-electron chi connectivity index (χ1n) is 9.07. The zero-order valence-electron chi connectivity index (χ0n) is 14.6. The van der Waals surface area contributed by atoms with E-state index in [2.05, 4.69) is 0 Å². The second-order valence-corrected chi connectivity index (χ2v) is 9.32. The topological polar surface area (TPSA) is 98.2 Å². The van der Waals surface area contributed by atoms with Crippen molar-refractivity contribution in [2.24, 2.45) is 11.8 Å². The first-order chi connectivity index (χ1) is 11.8. The lowest BCUT2D eigenvalue weighted by atomic mass is 9.96. The van der Waals surface area contributed by atoms with Gasteiger partial charge in [-0.2, -0.15) is 17.0 Å². The lowest BCUT2D eigenvalue weighted by Crippen LogP contribution is -2.55. The van der Waals surface area contributed by atoms with Crippen LogP contribution in [0, 0.1) is 11.8 Å². The van der Waals surface area contributed by atoms with Crippen LogP contribution in [0.4, 0.5) is 0 Å². The van der Waals surface area contributed by atoms with Gasteiger partial charge in [0, 0.05) is 39.3 Å². The van der Waals surface area contributed by atoms with Gasteiger partial charge in [-0.1, -0.05) is 19.3 Å². The fourth-order valence-corrected chi connectivity index (χ4v) is 5.51. The predicted molar refractivity (Wildman–Crippen MR) is 90.9 cm³/mol. The fraction of sp³-hybridized carbons (Fsp3) is 0.875. The maximum atomic E-state index is 12.8. The highest BCUT2D eigenvalue weighted by Crippen LogP contribution is 2.40. The lowest BCUT2D eigenvalue weighted by Gasteiger charge is -2.38. The Morgan fingerprint density at radius 2 is 1.60 bits per heavy atom. The average Bonchev–Trinajstić information content (AvgIpc) is 3.42. The van der Waals surface area contributed by atoms with Crippen molar-refractivity contribution in [2.75, 3.05) is 33.2 Å². The number of rotatable bonds is 5. The molecule has 0 radical (unpaired) electrons. The molecule has 2 saturated carbocycles. The van der Waals surface area contributed by atoms with Gasteiger partial charge in [-0.15, -0.1) is 0 Å². The fourth-order valence-electron chi connectivity index (χ4n) is 3.93. The first-order valence-corrected chi connectivity index (χ1v) is 10.5. The highest BCUT2D eigenvalue weighted by Gasteiger charge is 2.50. The summed E-state index contributed by atoms with van der Waals surface area (Å²) in [7, 11) is -1.85. The maximum Gasteiger partial charge on any atom is 0.307 e. The van der Waals surface area contributed by atoms with E-state index in [9.17, 15) is 18.0 Å². The number of hydrogen-bond acceptors (Lipinski definition) is 4. The SMILES string of the molecule is CN(C1CCCCC1)S(=O)(=O)N1CCN(C(=O)C2CC2C(=O)O)CC1. The zero-order chi connectivity index (χ0) is 18.2. The number of carboxylic acid groups (broad SMARTS) is 1. The molecule has 2 aliphatic carbocycles. The summed E-state index contributed by atoms with van der Waals surface area (Å²) in [6.07, 6.45) is 5.53. The van der Waals surface area contributed by atoms with Gasteiger partial charge >= 0.3 is 5.97 Å². The standard InChI is InChI=1S/C16H27N3O5S/c1-17(12-5-3-2-4-6-12)25(23,24)19-9-7-18(8-10-19)15(20)13-11-14(13)16(21)22/h12-14H,2-11H2,1H3,(H,21,22). The number of aliphatic carboxylic acids is 1. The molecular formula is C16H27N3O5S. The highest BCUT2D eigenvalue weighted by atomic mass is 32.2. The van der Waals surface area contributed by atoms with Gasteiger partial charge in [-0.25, -0.2) is 0 Å². The van der Waals surface area contributed by atoms with E-state index in [4.69, 9.17) is 5.11 Å². The molecule has 8 nitrogen and oxygen atoms in total. The third-order valence-corrected chi connectivity index (χ3v) is 7.80. The summed E-state index contributed by atoms with van der Waals surface area (Å²) in [6, 6.07) is 0.0706. The molecule has 2 atom stereocenters. The van der Waals surface area contributed by atoms with E-state index in [0.717, 1.165) is 25.7 Å². The molecule has 1 amide bonds. The Morgan fingerprint density at radius 1 is 1.00 bits per heavy atom. The van der Waals surface area contributed by atoms with Crippen LogP contribution < -0.4 is 0 Å². The quantitative estimate of drug-likeness (QED) is 0.750. The van der Waals surface area contributed by atoms with Crippen molar-refractivity contribution in [1.29, 1.82) is 0 Å². The Kier molecular flexibility index (Phi) is 5.36. The second-order valence-electron chi connectivity index (χ2n) is 7.33. The lowest BCUT2D eigenvalue weighted by molar-refractivity contribution is -0.142. The molecule has 3 fully saturated rings. The van der Waals surface area contributed by atoms with Crippen molar-refractivity contribution >= 4 is 22.1 Å². The molecule has 0 aromatic carbocycles. The minimum absolute atomic E-state index is 0.0706. The normalized spacial score (nSPS) is 29.0. The number of carbonyl (C=O) groups is 2. The van der Waals surface area contributed by atoms with Gasteiger partial charge in [0.05, 0.1) is 11.8 Å². The van der Waals surface area contributed by atoms with Crippen LogP contribution in [0.3, 0.4) is 0 Å². The Bertz CT molecular complexity index is 624. The van der Waals surface area contributed by atoms with E-state index in [1.54, 1.807) is 11.9 Å². The monoisotopic (exact) mass is 373 g/mol. The van der Waals surface area contributed by atoms with E-state index in [-0.39, 0.29) is 25.0 Å². The van der Waals surface area contributed by atoms with E-state index < -0.39 is 28.0 Å². The van der Waals surface area contributed by atoms with Gasteiger partial charge in [0.2, 0.25) is 5.91 Å². The second kappa shape index (κ2) is 7.20. The molecule has 3 aliphatic rings. The molecule has 0 bridgehead atoms. The zero-order valence-corrected chi connectivity index (χ0v) is 15.4. The van der Waals surface area contributed by atoms with Gasteiger partial charge in [-0.05, 0) is 19.3 Å². The number of piperazine rings is 1. The van der Waals surface area contributed by atoms with Crippen molar-refractivity contribution in [3.63, 3.8) is 0 Å². The molecule has 1 N–H and O–H groups in total. The summed E-state index contributed by atoms with van der Waals surface area (Å²) in [4.78, 5) is 24.8. The van der Waals surface area contributed by atoms with Gasteiger partial charge in [0.25, 0.3) is 10.2 Å². The third kappa shape index (κ3) is 3.83. The Labute approximate surface area is 148 Å². The summed E-state index contributed by atoms with van der Waals surface area (Å²) >= 11 is 0. The van der Waals surface area contributed by atoms with Crippen molar-refractivity contribution < 1.29 is 23.1 Å². The molecule has 0 aromatic heterocycles. The van der Waals surface area contributed by atoms with E-state index in [0.29, 0.717) is 19.5 Å². The van der Waals surface area contributed by atoms with Gasteiger partial charge in [0.1, 0.15) is 0 Å². The van der Waals surface area contributed by atoms with Gasteiger partial charge < -0.3 is 10.0 Å². The molecule has 0 aromatic rings. The van der Waals surface area contributed by atoms with Crippen LogP contribution in [0.5, 0.6) is 0 Å². The summed E-state index contributed by atoms with van der Waals surface area (Å²) in [5.74, 6) is -2.06. The Morgan fingerprint density at radius 3 is 2.12 bits per heavy atom. The van der Waals surface area contributed by atoms with E-state index in [1.165, 1.54) is 15.0 Å². The van der Waals surface area contributed by atoms with Crippen LogP contribution in [-0.4, -0.2) is 78.2 Å². The van der Waals surface area contributed by atoms with Crippen LogP contribution in [0.25, 0.3) is 0 Å². The first kappa shape index (κ1) is 18.6. The minimum atomic E-state index is -3.51.